The number of fused-ring (bicyclic) bond motifs is 1. The quantitative estimate of drug-likeness (QED) is 0.754. The van der Waals surface area contributed by atoms with Crippen LogP contribution in [0.2, 0.25) is 10.0 Å². The van der Waals surface area contributed by atoms with E-state index in [1.807, 2.05) is 12.1 Å². The highest BCUT2D eigenvalue weighted by Crippen LogP contribution is 2.46. The summed E-state index contributed by atoms with van der Waals surface area (Å²) in [6.07, 6.45) is 1.16. The molecule has 25 heavy (non-hydrogen) atoms. The number of hydrogen-bond acceptors (Lipinski definition) is 6. The van der Waals surface area contributed by atoms with Gasteiger partial charge in [0.15, 0.2) is 5.78 Å². The van der Waals surface area contributed by atoms with Crippen molar-refractivity contribution in [2.24, 2.45) is 5.41 Å². The Morgan fingerprint density at radius 3 is 2.76 bits per heavy atom. The summed E-state index contributed by atoms with van der Waals surface area (Å²) in [5, 5.41) is 15.1. The van der Waals surface area contributed by atoms with Crippen molar-refractivity contribution in [2.75, 3.05) is 10.6 Å². The van der Waals surface area contributed by atoms with Crippen molar-refractivity contribution in [2.45, 2.75) is 32.7 Å². The lowest BCUT2D eigenvalue weighted by atomic mass is 9.73. The van der Waals surface area contributed by atoms with Crippen molar-refractivity contribution in [1.82, 2.24) is 10.3 Å². The minimum atomic E-state index is -0.481. The third-order valence-electron chi connectivity index (χ3n) is 4.54. The van der Waals surface area contributed by atoms with Crippen LogP contribution in [0.3, 0.4) is 0 Å². The van der Waals surface area contributed by atoms with Crippen molar-refractivity contribution >= 4 is 40.6 Å². The van der Waals surface area contributed by atoms with Crippen LogP contribution < -0.4 is 10.6 Å². The molecule has 8 heteroatoms. The Morgan fingerprint density at radius 2 is 1.96 bits per heavy atom. The average Bonchev–Trinajstić information content (AvgIpc) is 2.88. The SMILES string of the molecule is CC1(C)CC(=O)C2=C(C1)Nc1nonc1NC2c1cccc(Cl)c1Cl. The van der Waals surface area contributed by atoms with Crippen molar-refractivity contribution < 1.29 is 9.42 Å². The van der Waals surface area contributed by atoms with Gasteiger partial charge in [-0.05, 0) is 33.8 Å². The Labute approximate surface area is 154 Å². The number of nitrogens with one attached hydrogen (secondary N) is 2. The summed E-state index contributed by atoms with van der Waals surface area (Å²) in [7, 11) is 0. The van der Waals surface area contributed by atoms with Gasteiger partial charge in [0.1, 0.15) is 0 Å². The van der Waals surface area contributed by atoms with Gasteiger partial charge in [0.05, 0.1) is 16.1 Å². The first-order valence-corrected chi connectivity index (χ1v) is 8.67. The number of carbonyl (C=O) groups is 1. The van der Waals surface area contributed by atoms with E-state index in [2.05, 4.69) is 34.8 Å². The molecule has 1 aromatic carbocycles. The van der Waals surface area contributed by atoms with Gasteiger partial charge >= 0.3 is 0 Å². The van der Waals surface area contributed by atoms with E-state index in [4.69, 9.17) is 27.8 Å². The molecule has 0 bridgehead atoms. The molecular weight excluding hydrogens is 363 g/mol. The van der Waals surface area contributed by atoms with Gasteiger partial charge in [0.2, 0.25) is 11.6 Å². The number of carbonyl (C=O) groups excluding carboxylic acids is 1. The summed E-state index contributed by atoms with van der Waals surface area (Å²) in [6.45, 7) is 4.13. The topological polar surface area (TPSA) is 80.1 Å². The van der Waals surface area contributed by atoms with Crippen LogP contribution in [0, 0.1) is 5.41 Å². The van der Waals surface area contributed by atoms with Crippen LogP contribution in [0.25, 0.3) is 0 Å². The molecule has 1 aliphatic carbocycles. The average molecular weight is 379 g/mol. The molecule has 0 amide bonds. The number of ketones is 1. The Morgan fingerprint density at radius 1 is 1.20 bits per heavy atom. The van der Waals surface area contributed by atoms with Crippen LogP contribution in [0.1, 0.15) is 38.3 Å². The predicted octanol–water partition coefficient (Wildman–Crippen LogP) is 4.60. The molecule has 0 radical (unpaired) electrons. The molecule has 0 saturated carbocycles. The van der Waals surface area contributed by atoms with Crippen molar-refractivity contribution in [1.29, 1.82) is 0 Å². The lowest BCUT2D eigenvalue weighted by Crippen LogP contribution is -2.31. The summed E-state index contributed by atoms with van der Waals surface area (Å²) in [5.74, 6) is 0.953. The van der Waals surface area contributed by atoms with E-state index >= 15 is 0 Å². The minimum absolute atomic E-state index is 0.0642. The Bertz CT molecular complexity index is 904. The molecule has 2 aliphatic rings. The monoisotopic (exact) mass is 378 g/mol. The van der Waals surface area contributed by atoms with Gasteiger partial charge in [-0.1, -0.05) is 49.2 Å². The zero-order valence-corrected chi connectivity index (χ0v) is 15.2. The second kappa shape index (κ2) is 5.75. The molecule has 1 aliphatic heterocycles. The van der Waals surface area contributed by atoms with Crippen LogP contribution in [-0.4, -0.2) is 16.1 Å². The molecule has 2 aromatic rings. The number of aromatic nitrogens is 2. The summed E-state index contributed by atoms with van der Waals surface area (Å²) >= 11 is 12.6. The maximum absolute atomic E-state index is 13.0. The highest BCUT2D eigenvalue weighted by atomic mass is 35.5. The van der Waals surface area contributed by atoms with Gasteiger partial charge < -0.3 is 10.6 Å². The van der Waals surface area contributed by atoms with E-state index in [9.17, 15) is 4.79 Å². The largest absolute Gasteiger partial charge is 0.353 e. The number of benzene rings is 1. The van der Waals surface area contributed by atoms with E-state index in [0.29, 0.717) is 45.7 Å². The fourth-order valence-electron chi connectivity index (χ4n) is 3.47. The molecule has 1 unspecified atom stereocenters. The fraction of sp³-hybridized carbons (Fsp3) is 0.353. The van der Waals surface area contributed by atoms with E-state index in [-0.39, 0.29) is 11.2 Å². The van der Waals surface area contributed by atoms with Gasteiger partial charge in [-0.25, -0.2) is 4.63 Å². The molecular formula is C17H16Cl2N4O2. The molecule has 0 spiro atoms. The number of allylic oxidation sites excluding steroid dienone is 1. The summed E-state index contributed by atoms with van der Waals surface area (Å²) in [5.41, 5.74) is 2.02. The predicted molar refractivity (Wildman–Crippen MR) is 95.8 cm³/mol. The standard InChI is InChI=1S/C17H16Cl2N4O2/c1-17(2)6-10-12(11(24)7-17)14(8-4-3-5-9(18)13(8)19)21-16-15(20-10)22-25-23-16/h3-5,14H,6-7H2,1-2H3,(H,20,22)(H,21,23). The number of nitrogens with zero attached hydrogens (tertiary/aromatic N) is 2. The molecule has 1 atom stereocenters. The van der Waals surface area contributed by atoms with Crippen LogP contribution in [0.15, 0.2) is 34.1 Å². The molecule has 2 N–H and O–H groups in total. The van der Waals surface area contributed by atoms with Gasteiger partial charge in [-0.3, -0.25) is 4.79 Å². The Balaban J connectivity index is 1.92. The third-order valence-corrected chi connectivity index (χ3v) is 5.37. The summed E-state index contributed by atoms with van der Waals surface area (Å²) in [6, 6.07) is 4.89. The van der Waals surface area contributed by atoms with Crippen LogP contribution >= 0.6 is 23.2 Å². The Hall–Kier alpha value is -2.05. The minimum Gasteiger partial charge on any atom is -0.353 e. The normalized spacial score (nSPS) is 21.8. The Kier molecular flexibility index (Phi) is 3.77. The van der Waals surface area contributed by atoms with Crippen LogP contribution in [0.5, 0.6) is 0 Å². The molecule has 1 aromatic heterocycles. The highest BCUT2D eigenvalue weighted by Gasteiger charge is 2.40. The summed E-state index contributed by atoms with van der Waals surface area (Å²) < 4.78 is 4.83. The third kappa shape index (κ3) is 2.79. The lowest BCUT2D eigenvalue weighted by molar-refractivity contribution is -0.118. The molecule has 4 rings (SSSR count). The molecule has 0 fully saturated rings. The van der Waals surface area contributed by atoms with E-state index in [1.54, 1.807) is 6.07 Å². The number of halogens is 2. The highest BCUT2D eigenvalue weighted by molar-refractivity contribution is 6.42. The lowest BCUT2D eigenvalue weighted by Gasteiger charge is -2.34. The number of hydrogen-bond donors (Lipinski definition) is 2. The van der Waals surface area contributed by atoms with Gasteiger partial charge in [-0.2, -0.15) is 0 Å². The maximum atomic E-state index is 13.0. The van der Waals surface area contributed by atoms with Gasteiger partial charge in [0.25, 0.3) is 0 Å². The first-order chi connectivity index (χ1) is 11.9. The maximum Gasteiger partial charge on any atom is 0.219 e. The second-order valence-corrected chi connectivity index (χ2v) is 7.93. The van der Waals surface area contributed by atoms with E-state index in [1.165, 1.54) is 0 Å². The molecule has 2 heterocycles. The smallest absolute Gasteiger partial charge is 0.219 e. The number of anilines is 2. The van der Waals surface area contributed by atoms with Crippen molar-refractivity contribution in [3.8, 4) is 0 Å². The number of rotatable bonds is 1. The van der Waals surface area contributed by atoms with Gasteiger partial charge in [0, 0.05) is 17.7 Å². The van der Waals surface area contributed by atoms with Crippen LogP contribution in [0.4, 0.5) is 11.6 Å². The number of Topliss-reactive ketones (excluding diaryl/α,β-unsaturated/α-hetero) is 1. The molecule has 130 valence electrons. The van der Waals surface area contributed by atoms with Crippen molar-refractivity contribution in [3.05, 3.63) is 45.1 Å². The van der Waals surface area contributed by atoms with E-state index < -0.39 is 6.04 Å². The van der Waals surface area contributed by atoms with Crippen LogP contribution in [-0.2, 0) is 4.79 Å². The zero-order chi connectivity index (χ0) is 17.8. The first-order valence-electron chi connectivity index (χ1n) is 7.92. The second-order valence-electron chi connectivity index (χ2n) is 7.14. The van der Waals surface area contributed by atoms with E-state index in [0.717, 1.165) is 5.70 Å². The van der Waals surface area contributed by atoms with Gasteiger partial charge in [-0.15, -0.1) is 0 Å². The first kappa shape index (κ1) is 16.4. The molecule has 6 nitrogen and oxygen atoms in total. The fourth-order valence-corrected chi connectivity index (χ4v) is 3.89. The van der Waals surface area contributed by atoms with Crippen molar-refractivity contribution in [3.63, 3.8) is 0 Å². The molecule has 0 saturated heterocycles. The zero-order valence-electron chi connectivity index (χ0n) is 13.7. The summed E-state index contributed by atoms with van der Waals surface area (Å²) in [4.78, 5) is 13.0.